The van der Waals surface area contributed by atoms with Crippen molar-refractivity contribution in [2.75, 3.05) is 19.6 Å². The zero-order valence-corrected chi connectivity index (χ0v) is 13.4. The molecule has 1 aliphatic rings. The molecular weight excluding hydrogens is 272 g/mol. The Morgan fingerprint density at radius 1 is 1.30 bits per heavy atom. The lowest BCUT2D eigenvalue weighted by atomic mass is 9.97. The lowest BCUT2D eigenvalue weighted by Gasteiger charge is -2.23. The van der Waals surface area contributed by atoms with Gasteiger partial charge in [0.05, 0.1) is 0 Å². The third-order valence-corrected chi connectivity index (χ3v) is 3.85. The molecule has 0 aromatic heterocycles. The van der Waals surface area contributed by atoms with Crippen molar-refractivity contribution < 1.29 is 4.79 Å². The van der Waals surface area contributed by atoms with Crippen molar-refractivity contribution in [3.8, 4) is 0 Å². The van der Waals surface area contributed by atoms with Crippen LogP contribution >= 0.6 is 12.4 Å². The molecule has 1 atom stereocenters. The fourth-order valence-corrected chi connectivity index (χ4v) is 2.96. The Morgan fingerprint density at radius 2 is 1.95 bits per heavy atom. The summed E-state index contributed by atoms with van der Waals surface area (Å²) in [6.07, 6.45) is 2.42. The minimum Gasteiger partial charge on any atom is -0.352 e. The van der Waals surface area contributed by atoms with E-state index in [1.807, 2.05) is 13.8 Å². The van der Waals surface area contributed by atoms with Gasteiger partial charge in [-0.05, 0) is 63.7 Å². The quantitative estimate of drug-likeness (QED) is 0.900. The average molecular weight is 297 g/mol. The van der Waals surface area contributed by atoms with E-state index in [2.05, 4.69) is 29.7 Å². The Hall–Kier alpha value is -1.06. The van der Waals surface area contributed by atoms with Crippen molar-refractivity contribution in [3.05, 3.63) is 34.4 Å². The van der Waals surface area contributed by atoms with E-state index in [9.17, 15) is 4.79 Å². The molecule has 112 valence electrons. The predicted molar refractivity (Wildman–Crippen MR) is 85.8 cm³/mol. The summed E-state index contributed by atoms with van der Waals surface area (Å²) < 4.78 is 0. The smallest absolute Gasteiger partial charge is 0.251 e. The third-order valence-electron chi connectivity index (χ3n) is 3.85. The van der Waals surface area contributed by atoms with Crippen LogP contribution in [0.5, 0.6) is 0 Å². The Balaban J connectivity index is 0.00000200. The van der Waals surface area contributed by atoms with Crippen LogP contribution in [-0.2, 0) is 0 Å². The van der Waals surface area contributed by atoms with Gasteiger partial charge in [-0.1, -0.05) is 17.7 Å². The van der Waals surface area contributed by atoms with Crippen LogP contribution in [0, 0.1) is 26.7 Å². The minimum absolute atomic E-state index is 0. The maximum absolute atomic E-state index is 12.3. The molecule has 1 saturated heterocycles. The Bertz CT molecular complexity index is 445. The number of benzene rings is 1. The Morgan fingerprint density at radius 3 is 2.50 bits per heavy atom. The highest BCUT2D eigenvalue weighted by molar-refractivity contribution is 5.97. The van der Waals surface area contributed by atoms with E-state index in [0.29, 0.717) is 5.92 Å². The molecule has 2 N–H and O–H groups in total. The van der Waals surface area contributed by atoms with Crippen LogP contribution < -0.4 is 10.6 Å². The first-order valence-electron chi connectivity index (χ1n) is 7.14. The summed E-state index contributed by atoms with van der Waals surface area (Å²) in [7, 11) is 0. The number of aryl methyl sites for hydroxylation is 3. The molecule has 3 nitrogen and oxygen atoms in total. The SMILES string of the molecule is Cc1cc(C)c(C(=O)NCC2CCCNC2)c(C)c1.Cl. The summed E-state index contributed by atoms with van der Waals surface area (Å²) in [4.78, 5) is 12.3. The van der Waals surface area contributed by atoms with Gasteiger partial charge in [0.15, 0.2) is 0 Å². The molecule has 1 fully saturated rings. The lowest BCUT2D eigenvalue weighted by Crippen LogP contribution is -2.38. The van der Waals surface area contributed by atoms with Crippen LogP contribution in [0.25, 0.3) is 0 Å². The predicted octanol–water partition coefficient (Wildman–Crippen LogP) is 2.76. The second-order valence-corrected chi connectivity index (χ2v) is 5.70. The number of halogens is 1. The number of nitrogens with one attached hydrogen (secondary N) is 2. The van der Waals surface area contributed by atoms with Crippen LogP contribution in [0.4, 0.5) is 0 Å². The first kappa shape index (κ1) is 17.0. The van der Waals surface area contributed by atoms with Gasteiger partial charge in [-0.15, -0.1) is 12.4 Å². The maximum atomic E-state index is 12.3. The van der Waals surface area contributed by atoms with Gasteiger partial charge in [-0.2, -0.15) is 0 Å². The molecule has 0 aliphatic carbocycles. The van der Waals surface area contributed by atoms with Gasteiger partial charge in [0, 0.05) is 12.1 Å². The number of carbonyl (C=O) groups excluding carboxylic acids is 1. The van der Waals surface area contributed by atoms with Crippen LogP contribution in [0.2, 0.25) is 0 Å². The zero-order chi connectivity index (χ0) is 13.8. The number of carbonyl (C=O) groups is 1. The van der Waals surface area contributed by atoms with Gasteiger partial charge in [0.2, 0.25) is 0 Å². The molecule has 0 radical (unpaired) electrons. The molecule has 1 heterocycles. The fraction of sp³-hybridized carbons (Fsp3) is 0.562. The largest absolute Gasteiger partial charge is 0.352 e. The van der Waals surface area contributed by atoms with E-state index in [4.69, 9.17) is 0 Å². The first-order valence-corrected chi connectivity index (χ1v) is 7.14. The number of amides is 1. The van der Waals surface area contributed by atoms with Crippen LogP contribution in [0.15, 0.2) is 12.1 Å². The van der Waals surface area contributed by atoms with Gasteiger partial charge < -0.3 is 10.6 Å². The van der Waals surface area contributed by atoms with Crippen molar-refractivity contribution >= 4 is 18.3 Å². The van der Waals surface area contributed by atoms with Gasteiger partial charge >= 0.3 is 0 Å². The monoisotopic (exact) mass is 296 g/mol. The van der Waals surface area contributed by atoms with Crippen molar-refractivity contribution in [1.29, 1.82) is 0 Å². The first-order chi connectivity index (χ1) is 9.08. The molecule has 1 aromatic rings. The Kier molecular flexibility index (Phi) is 6.50. The van der Waals surface area contributed by atoms with E-state index in [1.165, 1.54) is 18.4 Å². The molecule has 20 heavy (non-hydrogen) atoms. The average Bonchev–Trinajstić information content (AvgIpc) is 2.36. The van der Waals surface area contributed by atoms with Crippen molar-refractivity contribution in [1.82, 2.24) is 10.6 Å². The molecule has 1 aromatic carbocycles. The molecule has 1 unspecified atom stereocenters. The number of piperidine rings is 1. The van der Waals surface area contributed by atoms with Crippen LogP contribution in [0.1, 0.15) is 39.9 Å². The topological polar surface area (TPSA) is 41.1 Å². The second kappa shape index (κ2) is 7.65. The van der Waals surface area contributed by atoms with Crippen molar-refractivity contribution in [2.24, 2.45) is 5.92 Å². The van der Waals surface area contributed by atoms with Crippen molar-refractivity contribution in [2.45, 2.75) is 33.6 Å². The molecule has 0 spiro atoms. The maximum Gasteiger partial charge on any atom is 0.251 e. The van der Waals surface area contributed by atoms with Crippen LogP contribution in [0.3, 0.4) is 0 Å². The standard InChI is InChI=1S/C16H24N2O.ClH/c1-11-7-12(2)15(13(3)8-11)16(19)18-10-14-5-4-6-17-9-14;/h7-8,14,17H,4-6,9-10H2,1-3H3,(H,18,19);1H. The van der Waals surface area contributed by atoms with E-state index in [0.717, 1.165) is 36.3 Å². The summed E-state index contributed by atoms with van der Waals surface area (Å²) in [5.74, 6) is 0.643. The second-order valence-electron chi connectivity index (χ2n) is 5.70. The molecule has 1 aliphatic heterocycles. The summed E-state index contributed by atoms with van der Waals surface area (Å²) in [5.41, 5.74) is 4.19. The van der Waals surface area contributed by atoms with E-state index < -0.39 is 0 Å². The van der Waals surface area contributed by atoms with Crippen molar-refractivity contribution in [3.63, 3.8) is 0 Å². The van der Waals surface area contributed by atoms with Gasteiger partial charge in [0.25, 0.3) is 5.91 Å². The highest BCUT2D eigenvalue weighted by Crippen LogP contribution is 2.16. The summed E-state index contributed by atoms with van der Waals surface area (Å²) >= 11 is 0. The third kappa shape index (κ3) is 4.22. The lowest BCUT2D eigenvalue weighted by molar-refractivity contribution is 0.0943. The molecule has 0 bridgehead atoms. The number of hydrogen-bond donors (Lipinski definition) is 2. The van der Waals surface area contributed by atoms with Gasteiger partial charge in [-0.3, -0.25) is 4.79 Å². The summed E-state index contributed by atoms with van der Waals surface area (Å²) in [5, 5.41) is 6.47. The normalized spacial score (nSPS) is 18.2. The molecule has 4 heteroatoms. The zero-order valence-electron chi connectivity index (χ0n) is 12.6. The minimum atomic E-state index is 0. The van der Waals surface area contributed by atoms with Crippen LogP contribution in [-0.4, -0.2) is 25.5 Å². The molecule has 1 amide bonds. The van der Waals surface area contributed by atoms with E-state index in [-0.39, 0.29) is 18.3 Å². The number of hydrogen-bond acceptors (Lipinski definition) is 2. The molecule has 2 rings (SSSR count). The highest BCUT2D eigenvalue weighted by atomic mass is 35.5. The van der Waals surface area contributed by atoms with E-state index in [1.54, 1.807) is 0 Å². The highest BCUT2D eigenvalue weighted by Gasteiger charge is 2.16. The molecule has 0 saturated carbocycles. The number of rotatable bonds is 3. The molecular formula is C16H25ClN2O. The van der Waals surface area contributed by atoms with E-state index >= 15 is 0 Å². The summed E-state index contributed by atoms with van der Waals surface area (Å²) in [6.45, 7) is 8.99. The summed E-state index contributed by atoms with van der Waals surface area (Å²) in [6, 6.07) is 4.15. The van der Waals surface area contributed by atoms with Gasteiger partial charge in [-0.25, -0.2) is 0 Å². The van der Waals surface area contributed by atoms with Gasteiger partial charge in [0.1, 0.15) is 0 Å². The fourth-order valence-electron chi connectivity index (χ4n) is 2.96. The Labute approximate surface area is 127 Å².